The predicted octanol–water partition coefficient (Wildman–Crippen LogP) is 2.39. The van der Waals surface area contributed by atoms with Crippen molar-refractivity contribution < 1.29 is 4.42 Å². The highest BCUT2D eigenvalue weighted by Crippen LogP contribution is 2.32. The molecule has 0 fully saturated rings. The number of rotatable bonds is 0. The van der Waals surface area contributed by atoms with E-state index in [4.69, 9.17) is 4.42 Å². The van der Waals surface area contributed by atoms with Gasteiger partial charge in [0.25, 0.3) is 0 Å². The molecule has 2 aromatic carbocycles. The van der Waals surface area contributed by atoms with Gasteiger partial charge in [0.05, 0.1) is 5.39 Å². The van der Waals surface area contributed by atoms with Gasteiger partial charge in [-0.15, -0.1) is 0 Å². The summed E-state index contributed by atoms with van der Waals surface area (Å²) in [5.74, 6) is 0. The summed E-state index contributed by atoms with van der Waals surface area (Å²) in [4.78, 5) is 4.53. The lowest BCUT2D eigenvalue weighted by atomic mass is 9.98. The zero-order valence-corrected chi connectivity index (χ0v) is 9.97. The van der Waals surface area contributed by atoms with Crippen LogP contribution in [-0.2, 0) is 0 Å². The first-order valence-corrected chi connectivity index (χ1v) is 5.99. The Labute approximate surface area is 105 Å². The molecule has 0 radical (unpaired) electrons. The Balaban J connectivity index is 2.33. The molecular formula is C15H10BNO. The molecule has 0 saturated heterocycles. The summed E-state index contributed by atoms with van der Waals surface area (Å²) in [6, 6.07) is 14.5. The molecule has 0 aliphatic carbocycles. The summed E-state index contributed by atoms with van der Waals surface area (Å²) >= 11 is 0. The first kappa shape index (κ1) is 9.72. The second kappa shape index (κ2) is 3.36. The van der Waals surface area contributed by atoms with Gasteiger partial charge in [-0.05, 0) is 22.9 Å². The van der Waals surface area contributed by atoms with Gasteiger partial charge in [0.2, 0.25) is 0 Å². The van der Waals surface area contributed by atoms with Gasteiger partial charge in [0, 0.05) is 6.20 Å². The average molecular weight is 231 g/mol. The SMILES string of the molecule is Bc1cnc2c(c1)oc1ccc3ccccc3c12. The summed E-state index contributed by atoms with van der Waals surface area (Å²) in [7, 11) is 2.03. The largest absolute Gasteiger partial charge is 0.454 e. The maximum atomic E-state index is 5.88. The molecule has 0 saturated carbocycles. The number of hydrogen-bond donors (Lipinski definition) is 0. The fourth-order valence-electron chi connectivity index (χ4n) is 2.51. The molecule has 3 heteroatoms. The Hall–Kier alpha value is -2.29. The Morgan fingerprint density at radius 2 is 1.89 bits per heavy atom. The minimum Gasteiger partial charge on any atom is -0.454 e. The first-order chi connectivity index (χ1) is 8.83. The van der Waals surface area contributed by atoms with Gasteiger partial charge in [0.15, 0.2) is 5.58 Å². The van der Waals surface area contributed by atoms with Crippen molar-refractivity contribution in [3.8, 4) is 0 Å². The molecule has 18 heavy (non-hydrogen) atoms. The minimum atomic E-state index is 0.862. The van der Waals surface area contributed by atoms with Crippen LogP contribution in [0.5, 0.6) is 0 Å². The minimum absolute atomic E-state index is 0.862. The number of benzene rings is 2. The Morgan fingerprint density at radius 1 is 1.00 bits per heavy atom. The fourth-order valence-corrected chi connectivity index (χ4v) is 2.51. The van der Waals surface area contributed by atoms with Crippen LogP contribution in [0.4, 0.5) is 0 Å². The van der Waals surface area contributed by atoms with Crippen molar-refractivity contribution in [2.75, 3.05) is 0 Å². The number of aromatic nitrogens is 1. The van der Waals surface area contributed by atoms with Crippen LogP contribution < -0.4 is 5.46 Å². The number of hydrogen-bond acceptors (Lipinski definition) is 2. The van der Waals surface area contributed by atoms with E-state index in [1.807, 2.05) is 32.2 Å². The summed E-state index contributed by atoms with van der Waals surface area (Å²) in [6.45, 7) is 0. The molecule has 4 aromatic rings. The normalized spacial score (nSPS) is 11.6. The van der Waals surface area contributed by atoms with Crippen molar-refractivity contribution in [3.05, 3.63) is 48.7 Å². The zero-order valence-electron chi connectivity index (χ0n) is 9.97. The van der Waals surface area contributed by atoms with Crippen molar-refractivity contribution in [1.29, 1.82) is 0 Å². The molecule has 84 valence electrons. The molecule has 0 aliphatic heterocycles. The number of pyridine rings is 1. The number of nitrogens with zero attached hydrogens (tertiary/aromatic N) is 1. The molecule has 0 N–H and O–H groups in total. The Morgan fingerprint density at radius 3 is 2.83 bits per heavy atom. The number of furan rings is 1. The summed E-state index contributed by atoms with van der Waals surface area (Å²) in [5, 5.41) is 3.53. The van der Waals surface area contributed by atoms with E-state index in [0.717, 1.165) is 27.5 Å². The van der Waals surface area contributed by atoms with Crippen LogP contribution in [0.25, 0.3) is 32.8 Å². The van der Waals surface area contributed by atoms with Gasteiger partial charge in [-0.2, -0.15) is 0 Å². The molecule has 0 unspecified atom stereocenters. The van der Waals surface area contributed by atoms with E-state index < -0.39 is 0 Å². The third-order valence-corrected chi connectivity index (χ3v) is 3.34. The predicted molar refractivity (Wildman–Crippen MR) is 77.2 cm³/mol. The molecular weight excluding hydrogens is 221 g/mol. The van der Waals surface area contributed by atoms with Gasteiger partial charge >= 0.3 is 0 Å². The van der Waals surface area contributed by atoms with Crippen LogP contribution in [0, 0.1) is 0 Å². The topological polar surface area (TPSA) is 26.0 Å². The van der Waals surface area contributed by atoms with Crippen molar-refractivity contribution in [1.82, 2.24) is 4.98 Å². The monoisotopic (exact) mass is 231 g/mol. The second-order valence-electron chi connectivity index (χ2n) is 4.62. The van der Waals surface area contributed by atoms with Crippen molar-refractivity contribution >= 4 is 46.2 Å². The molecule has 0 bridgehead atoms. The third kappa shape index (κ3) is 1.22. The summed E-state index contributed by atoms with van der Waals surface area (Å²) in [5.41, 5.74) is 3.83. The molecule has 2 nitrogen and oxygen atoms in total. The van der Waals surface area contributed by atoms with E-state index in [1.165, 1.54) is 10.8 Å². The lowest BCUT2D eigenvalue weighted by Crippen LogP contribution is -2.00. The Bertz CT molecular complexity index is 895. The smallest absolute Gasteiger partial charge is 0.153 e. The Kier molecular flexibility index (Phi) is 1.81. The third-order valence-electron chi connectivity index (χ3n) is 3.34. The van der Waals surface area contributed by atoms with Gasteiger partial charge in [-0.3, -0.25) is 4.98 Å². The highest BCUT2D eigenvalue weighted by atomic mass is 16.3. The van der Waals surface area contributed by atoms with Crippen molar-refractivity contribution in [2.45, 2.75) is 0 Å². The molecule has 2 heterocycles. The average Bonchev–Trinajstić information content (AvgIpc) is 2.76. The van der Waals surface area contributed by atoms with Crippen LogP contribution in [0.15, 0.2) is 53.1 Å². The van der Waals surface area contributed by atoms with Gasteiger partial charge in [-0.1, -0.05) is 35.8 Å². The maximum Gasteiger partial charge on any atom is 0.153 e. The van der Waals surface area contributed by atoms with Gasteiger partial charge in [0.1, 0.15) is 18.9 Å². The van der Waals surface area contributed by atoms with E-state index in [-0.39, 0.29) is 0 Å². The maximum absolute atomic E-state index is 5.88. The van der Waals surface area contributed by atoms with E-state index in [1.54, 1.807) is 0 Å². The van der Waals surface area contributed by atoms with Gasteiger partial charge < -0.3 is 4.42 Å². The van der Waals surface area contributed by atoms with Crippen molar-refractivity contribution in [3.63, 3.8) is 0 Å². The molecule has 0 aliphatic rings. The van der Waals surface area contributed by atoms with Crippen LogP contribution in [0.1, 0.15) is 0 Å². The van der Waals surface area contributed by atoms with E-state index >= 15 is 0 Å². The van der Waals surface area contributed by atoms with Crippen LogP contribution in [0.2, 0.25) is 0 Å². The highest BCUT2D eigenvalue weighted by molar-refractivity contribution is 6.33. The molecule has 0 amide bonds. The molecule has 0 atom stereocenters. The first-order valence-electron chi connectivity index (χ1n) is 5.99. The van der Waals surface area contributed by atoms with Crippen LogP contribution in [-0.4, -0.2) is 12.8 Å². The number of fused-ring (bicyclic) bond motifs is 5. The summed E-state index contributed by atoms with van der Waals surface area (Å²) in [6.07, 6.45) is 1.89. The fraction of sp³-hybridized carbons (Fsp3) is 0. The second-order valence-corrected chi connectivity index (χ2v) is 4.62. The highest BCUT2D eigenvalue weighted by Gasteiger charge is 2.10. The van der Waals surface area contributed by atoms with E-state index in [2.05, 4.69) is 29.2 Å². The zero-order chi connectivity index (χ0) is 12.1. The molecule has 0 spiro atoms. The van der Waals surface area contributed by atoms with Crippen LogP contribution in [0.3, 0.4) is 0 Å². The standard InChI is InChI=1S/C15H10BNO/c16-10-7-13-15(17-8-10)14-11-4-2-1-3-9(11)5-6-12(14)18-13/h1-8H,16H2. The van der Waals surface area contributed by atoms with E-state index in [9.17, 15) is 0 Å². The van der Waals surface area contributed by atoms with Crippen LogP contribution >= 0.6 is 0 Å². The lowest BCUT2D eigenvalue weighted by Gasteiger charge is -1.98. The molecule has 4 rings (SSSR count). The van der Waals surface area contributed by atoms with Crippen molar-refractivity contribution in [2.24, 2.45) is 0 Å². The molecule has 2 aromatic heterocycles. The summed E-state index contributed by atoms with van der Waals surface area (Å²) < 4.78 is 5.88. The lowest BCUT2D eigenvalue weighted by molar-refractivity contribution is 0.669. The van der Waals surface area contributed by atoms with E-state index in [0.29, 0.717) is 0 Å². The quantitative estimate of drug-likeness (QED) is 0.434. The van der Waals surface area contributed by atoms with Gasteiger partial charge in [-0.25, -0.2) is 0 Å².